The lowest BCUT2D eigenvalue weighted by Crippen LogP contribution is -2.05. The highest BCUT2D eigenvalue weighted by molar-refractivity contribution is 6.31. The first kappa shape index (κ1) is 11.7. The molecule has 0 aliphatic carbocycles. The van der Waals surface area contributed by atoms with Gasteiger partial charge in [0.1, 0.15) is 0 Å². The van der Waals surface area contributed by atoms with Gasteiger partial charge in [0.15, 0.2) is 5.78 Å². The normalized spacial score (nSPS) is 10.0. The van der Waals surface area contributed by atoms with E-state index in [1.165, 1.54) is 0 Å². The second-order valence-corrected chi connectivity index (χ2v) is 3.71. The number of carbonyl (C=O) groups is 2. The predicted molar refractivity (Wildman–Crippen MR) is 57.4 cm³/mol. The van der Waals surface area contributed by atoms with Gasteiger partial charge in [-0.1, -0.05) is 17.7 Å². The van der Waals surface area contributed by atoms with Gasteiger partial charge >= 0.3 is 5.97 Å². The van der Waals surface area contributed by atoms with Crippen LogP contribution in [0.1, 0.15) is 28.8 Å². The van der Waals surface area contributed by atoms with E-state index in [2.05, 4.69) is 0 Å². The number of Topliss-reactive ketones (excluding diaryl/α,β-unsaturated/α-hetero) is 1. The lowest BCUT2D eigenvalue weighted by atomic mass is 10.0. The molecule has 0 aliphatic rings. The van der Waals surface area contributed by atoms with Gasteiger partial charge in [-0.3, -0.25) is 9.59 Å². The zero-order valence-electron chi connectivity index (χ0n) is 8.29. The van der Waals surface area contributed by atoms with Gasteiger partial charge in [0, 0.05) is 17.0 Å². The molecule has 1 N–H and O–H groups in total. The second kappa shape index (κ2) is 4.94. The first-order valence-corrected chi connectivity index (χ1v) is 4.89. The van der Waals surface area contributed by atoms with E-state index in [0.717, 1.165) is 5.56 Å². The van der Waals surface area contributed by atoms with Gasteiger partial charge in [0.2, 0.25) is 0 Å². The largest absolute Gasteiger partial charge is 0.481 e. The van der Waals surface area contributed by atoms with Crippen LogP contribution in [0.3, 0.4) is 0 Å². The Bertz CT molecular complexity index is 399. The number of aryl methyl sites for hydroxylation is 1. The first-order chi connectivity index (χ1) is 7.00. The molecule has 1 rings (SSSR count). The summed E-state index contributed by atoms with van der Waals surface area (Å²) in [5.74, 6) is -1.15. The molecule has 0 aliphatic heterocycles. The van der Waals surface area contributed by atoms with E-state index in [-0.39, 0.29) is 18.6 Å². The van der Waals surface area contributed by atoms with E-state index < -0.39 is 5.97 Å². The van der Waals surface area contributed by atoms with E-state index >= 15 is 0 Å². The van der Waals surface area contributed by atoms with Crippen molar-refractivity contribution in [3.63, 3.8) is 0 Å². The van der Waals surface area contributed by atoms with Crippen LogP contribution in [0.2, 0.25) is 5.02 Å². The fraction of sp³-hybridized carbons (Fsp3) is 0.273. The fourth-order valence-corrected chi connectivity index (χ4v) is 1.42. The maximum absolute atomic E-state index is 11.6. The highest BCUT2D eigenvalue weighted by Crippen LogP contribution is 2.17. The summed E-state index contributed by atoms with van der Waals surface area (Å²) in [6.07, 6.45) is -0.138. The summed E-state index contributed by atoms with van der Waals surface area (Å²) in [6.45, 7) is 1.80. The van der Waals surface area contributed by atoms with Crippen LogP contribution in [0.15, 0.2) is 18.2 Å². The number of rotatable bonds is 4. The smallest absolute Gasteiger partial charge is 0.303 e. The Labute approximate surface area is 92.7 Å². The number of hydrogen-bond donors (Lipinski definition) is 1. The van der Waals surface area contributed by atoms with Gasteiger partial charge in [-0.15, -0.1) is 0 Å². The van der Waals surface area contributed by atoms with Crippen molar-refractivity contribution in [2.75, 3.05) is 0 Å². The minimum atomic E-state index is -0.969. The SMILES string of the molecule is Cc1ccc(Cl)cc1C(=O)CCC(=O)O. The standard InChI is InChI=1S/C11H11ClO3/c1-7-2-3-8(12)6-9(7)10(13)4-5-11(14)15/h2-3,6H,4-5H2,1H3,(H,14,15). The molecule has 1 aromatic carbocycles. The van der Waals surface area contributed by atoms with Crippen molar-refractivity contribution in [2.24, 2.45) is 0 Å². The summed E-state index contributed by atoms with van der Waals surface area (Å²) in [5.41, 5.74) is 1.32. The van der Waals surface area contributed by atoms with Crippen molar-refractivity contribution in [2.45, 2.75) is 19.8 Å². The van der Waals surface area contributed by atoms with Crippen LogP contribution in [-0.4, -0.2) is 16.9 Å². The Morgan fingerprint density at radius 2 is 2.00 bits per heavy atom. The molecule has 0 saturated heterocycles. The van der Waals surface area contributed by atoms with Gasteiger partial charge in [-0.05, 0) is 24.6 Å². The van der Waals surface area contributed by atoms with Gasteiger partial charge < -0.3 is 5.11 Å². The number of ketones is 1. The van der Waals surface area contributed by atoms with Gasteiger partial charge in [-0.25, -0.2) is 0 Å². The maximum Gasteiger partial charge on any atom is 0.303 e. The van der Waals surface area contributed by atoms with Crippen LogP contribution in [-0.2, 0) is 4.79 Å². The predicted octanol–water partition coefficient (Wildman–Crippen LogP) is 2.70. The molecule has 0 heterocycles. The van der Waals surface area contributed by atoms with Gasteiger partial charge in [-0.2, -0.15) is 0 Å². The molecule has 0 spiro atoms. The van der Waals surface area contributed by atoms with Crippen molar-refractivity contribution >= 4 is 23.4 Å². The number of carboxylic acids is 1. The quantitative estimate of drug-likeness (QED) is 0.804. The van der Waals surface area contributed by atoms with E-state index in [9.17, 15) is 9.59 Å². The Balaban J connectivity index is 2.81. The molecular formula is C11H11ClO3. The summed E-state index contributed by atoms with van der Waals surface area (Å²) in [7, 11) is 0. The Kier molecular flexibility index (Phi) is 3.86. The summed E-state index contributed by atoms with van der Waals surface area (Å²) in [4.78, 5) is 21.9. The van der Waals surface area contributed by atoms with Crippen molar-refractivity contribution in [3.8, 4) is 0 Å². The molecule has 1 aromatic rings. The number of carboxylic acid groups (broad SMARTS) is 1. The van der Waals surface area contributed by atoms with Crippen LogP contribution in [0.25, 0.3) is 0 Å². The van der Waals surface area contributed by atoms with E-state index in [4.69, 9.17) is 16.7 Å². The molecule has 15 heavy (non-hydrogen) atoms. The van der Waals surface area contributed by atoms with Crippen molar-refractivity contribution in [1.82, 2.24) is 0 Å². The summed E-state index contributed by atoms with van der Waals surface area (Å²) in [5, 5.41) is 8.94. The van der Waals surface area contributed by atoms with Crippen LogP contribution in [0.5, 0.6) is 0 Å². The Morgan fingerprint density at radius 3 is 2.60 bits per heavy atom. The number of aliphatic carboxylic acids is 1. The van der Waals surface area contributed by atoms with E-state index in [1.807, 2.05) is 0 Å². The summed E-state index contributed by atoms with van der Waals surface area (Å²) < 4.78 is 0. The molecule has 0 bridgehead atoms. The topological polar surface area (TPSA) is 54.4 Å². The van der Waals surface area contributed by atoms with Crippen LogP contribution in [0.4, 0.5) is 0 Å². The van der Waals surface area contributed by atoms with Crippen molar-refractivity contribution < 1.29 is 14.7 Å². The molecule has 0 amide bonds. The Hall–Kier alpha value is -1.35. The van der Waals surface area contributed by atoms with Crippen LogP contribution in [0, 0.1) is 6.92 Å². The minimum absolute atomic E-state index is 0.0104. The monoisotopic (exact) mass is 226 g/mol. The second-order valence-electron chi connectivity index (χ2n) is 3.28. The fourth-order valence-electron chi connectivity index (χ4n) is 1.25. The first-order valence-electron chi connectivity index (χ1n) is 4.52. The van der Waals surface area contributed by atoms with Crippen LogP contribution < -0.4 is 0 Å². The number of carbonyl (C=O) groups excluding carboxylic acids is 1. The molecule has 4 heteroatoms. The van der Waals surface area contributed by atoms with Crippen LogP contribution >= 0.6 is 11.6 Å². The zero-order chi connectivity index (χ0) is 11.4. The molecular weight excluding hydrogens is 216 g/mol. The highest BCUT2D eigenvalue weighted by atomic mass is 35.5. The van der Waals surface area contributed by atoms with E-state index in [0.29, 0.717) is 10.6 Å². The molecule has 0 unspecified atom stereocenters. The van der Waals surface area contributed by atoms with Gasteiger partial charge in [0.25, 0.3) is 0 Å². The van der Waals surface area contributed by atoms with E-state index in [1.54, 1.807) is 25.1 Å². The molecule has 3 nitrogen and oxygen atoms in total. The zero-order valence-corrected chi connectivity index (χ0v) is 9.04. The molecule has 0 saturated carbocycles. The summed E-state index contributed by atoms with van der Waals surface area (Å²) >= 11 is 5.76. The van der Waals surface area contributed by atoms with Crippen molar-refractivity contribution in [1.29, 1.82) is 0 Å². The lowest BCUT2D eigenvalue weighted by Gasteiger charge is -2.04. The van der Waals surface area contributed by atoms with Gasteiger partial charge in [0.05, 0.1) is 6.42 Å². The molecule has 0 atom stereocenters. The molecule has 0 radical (unpaired) electrons. The lowest BCUT2D eigenvalue weighted by molar-refractivity contribution is -0.136. The Morgan fingerprint density at radius 1 is 1.33 bits per heavy atom. The number of halogens is 1. The molecule has 0 aromatic heterocycles. The average Bonchev–Trinajstić information content (AvgIpc) is 2.18. The minimum Gasteiger partial charge on any atom is -0.481 e. The van der Waals surface area contributed by atoms with Crippen molar-refractivity contribution in [3.05, 3.63) is 34.3 Å². The third-order valence-electron chi connectivity index (χ3n) is 2.07. The number of benzene rings is 1. The average molecular weight is 227 g/mol. The molecule has 80 valence electrons. The highest BCUT2D eigenvalue weighted by Gasteiger charge is 2.11. The third-order valence-corrected chi connectivity index (χ3v) is 2.30. The number of hydrogen-bond acceptors (Lipinski definition) is 2. The maximum atomic E-state index is 11.6. The molecule has 0 fully saturated rings. The third kappa shape index (κ3) is 3.36. The summed E-state index contributed by atoms with van der Waals surface area (Å²) in [6, 6.07) is 5.02.